The van der Waals surface area contributed by atoms with Gasteiger partial charge in [-0.15, -0.1) is 0 Å². The second-order valence-electron chi connectivity index (χ2n) is 8.53. The van der Waals surface area contributed by atoms with Crippen LogP contribution in [0.1, 0.15) is 22.0 Å². The number of esters is 1. The highest BCUT2D eigenvalue weighted by Gasteiger charge is 2.45. The number of phenols is 1. The highest BCUT2D eigenvalue weighted by Crippen LogP contribution is 2.48. The summed E-state index contributed by atoms with van der Waals surface area (Å²) in [5.41, 5.74) is 1.16. The van der Waals surface area contributed by atoms with E-state index in [2.05, 4.69) is 0 Å². The van der Waals surface area contributed by atoms with Crippen molar-refractivity contribution < 1.29 is 54.4 Å². The molecule has 0 bridgehead atoms. The van der Waals surface area contributed by atoms with Gasteiger partial charge in [-0.25, -0.2) is 9.59 Å². The Morgan fingerprint density at radius 3 is 2.31 bits per heavy atom. The van der Waals surface area contributed by atoms with E-state index in [1.807, 2.05) is 0 Å². The first kappa shape index (κ1) is 24.0. The van der Waals surface area contributed by atoms with E-state index in [0.29, 0.717) is 11.1 Å². The van der Waals surface area contributed by atoms with Crippen molar-refractivity contribution in [2.24, 2.45) is 0 Å². The first-order valence-electron chi connectivity index (χ1n) is 11.0. The fraction of sp³-hybridized carbons (Fsp3) is 0.280. The zero-order valence-corrected chi connectivity index (χ0v) is 18.5. The van der Waals surface area contributed by atoms with Gasteiger partial charge in [-0.3, -0.25) is 0 Å². The van der Waals surface area contributed by atoms with Crippen molar-refractivity contribution in [3.05, 3.63) is 59.7 Å². The van der Waals surface area contributed by atoms with Gasteiger partial charge in [0.05, 0.1) is 12.2 Å². The summed E-state index contributed by atoms with van der Waals surface area (Å²) in [6, 6.07) is 13.0. The number of hydrogen-bond acceptors (Lipinski definition) is 10. The molecule has 0 saturated carbocycles. The highest BCUT2D eigenvalue weighted by atomic mass is 16.7. The number of carboxylic acid groups (broad SMARTS) is 1. The summed E-state index contributed by atoms with van der Waals surface area (Å²) < 4.78 is 16.3. The molecule has 0 spiro atoms. The molecule has 0 aromatic heterocycles. The molecular formula is C25H22O11. The van der Waals surface area contributed by atoms with Crippen molar-refractivity contribution in [1.29, 1.82) is 0 Å². The van der Waals surface area contributed by atoms with Crippen LogP contribution in [-0.4, -0.2) is 79.9 Å². The number of aliphatic carboxylic acids is 1. The van der Waals surface area contributed by atoms with Crippen molar-refractivity contribution in [3.8, 4) is 22.6 Å². The number of phenolic OH excluding ortho intramolecular Hbond substituents is 1. The van der Waals surface area contributed by atoms with E-state index in [4.69, 9.17) is 14.2 Å². The quantitative estimate of drug-likeness (QED) is 0.272. The molecule has 2 aliphatic heterocycles. The lowest BCUT2D eigenvalue weighted by atomic mass is 9.88. The fourth-order valence-corrected chi connectivity index (χ4v) is 4.60. The van der Waals surface area contributed by atoms with Crippen LogP contribution >= 0.6 is 0 Å². The highest BCUT2D eigenvalue weighted by molar-refractivity contribution is 6.16. The molecule has 2 aliphatic rings. The monoisotopic (exact) mass is 498 g/mol. The number of carbonyl (C=O) groups is 2. The van der Waals surface area contributed by atoms with E-state index in [1.54, 1.807) is 36.4 Å². The average Bonchev–Trinajstić information content (AvgIpc) is 2.88. The molecule has 11 nitrogen and oxygen atoms in total. The van der Waals surface area contributed by atoms with Crippen molar-refractivity contribution in [3.63, 3.8) is 0 Å². The first-order valence-corrected chi connectivity index (χ1v) is 11.0. The summed E-state index contributed by atoms with van der Waals surface area (Å²) in [4.78, 5) is 24.6. The smallest absolute Gasteiger partial charge is 0.349 e. The molecule has 0 aliphatic carbocycles. The van der Waals surface area contributed by atoms with Gasteiger partial charge in [0.15, 0.2) is 11.5 Å². The normalized spacial score (nSPS) is 27.5. The molecule has 36 heavy (non-hydrogen) atoms. The SMILES string of the molecule is O=C1OC(C(=O)O)c2cc(O)c(OC3OC(CO)C(O)C(O)C3O)c3c(-c4ccccc4)ccc1c23. The number of hydrogen-bond donors (Lipinski definition) is 6. The molecule has 11 heteroatoms. The Morgan fingerprint density at radius 2 is 1.64 bits per heavy atom. The second-order valence-corrected chi connectivity index (χ2v) is 8.53. The van der Waals surface area contributed by atoms with E-state index >= 15 is 0 Å². The van der Waals surface area contributed by atoms with E-state index in [9.17, 15) is 40.2 Å². The molecule has 5 rings (SSSR count). The molecule has 6 atom stereocenters. The van der Waals surface area contributed by atoms with Crippen molar-refractivity contribution >= 4 is 22.7 Å². The molecule has 3 aromatic rings. The van der Waals surface area contributed by atoms with Gasteiger partial charge in [-0.1, -0.05) is 36.4 Å². The molecule has 1 fully saturated rings. The van der Waals surface area contributed by atoms with E-state index in [-0.39, 0.29) is 27.6 Å². The number of ether oxygens (including phenoxy) is 3. The van der Waals surface area contributed by atoms with Crippen LogP contribution < -0.4 is 4.74 Å². The molecule has 3 aromatic carbocycles. The van der Waals surface area contributed by atoms with E-state index in [1.165, 1.54) is 6.07 Å². The number of benzene rings is 3. The molecule has 2 heterocycles. The number of carbonyl (C=O) groups excluding carboxylic acids is 1. The minimum atomic E-state index is -1.77. The maximum Gasteiger partial charge on any atom is 0.349 e. The van der Waals surface area contributed by atoms with Crippen molar-refractivity contribution in [1.82, 2.24) is 0 Å². The number of aliphatic hydroxyl groups is 4. The lowest BCUT2D eigenvalue weighted by molar-refractivity contribution is -0.277. The number of aliphatic hydroxyl groups excluding tert-OH is 4. The maximum atomic E-state index is 12.7. The largest absolute Gasteiger partial charge is 0.504 e. The van der Waals surface area contributed by atoms with Gasteiger partial charge >= 0.3 is 11.9 Å². The third kappa shape index (κ3) is 3.74. The van der Waals surface area contributed by atoms with Crippen LogP contribution in [0.4, 0.5) is 0 Å². The zero-order chi connectivity index (χ0) is 25.7. The van der Waals surface area contributed by atoms with Crippen LogP contribution in [-0.2, 0) is 14.3 Å². The number of carboxylic acids is 1. The summed E-state index contributed by atoms with van der Waals surface area (Å²) in [7, 11) is 0. The van der Waals surface area contributed by atoms with E-state index in [0.717, 1.165) is 6.07 Å². The predicted molar refractivity (Wildman–Crippen MR) is 121 cm³/mol. The van der Waals surface area contributed by atoms with Gasteiger partial charge in [-0.2, -0.15) is 0 Å². The van der Waals surface area contributed by atoms with Crippen LogP contribution in [0.5, 0.6) is 11.5 Å². The van der Waals surface area contributed by atoms with Crippen LogP contribution in [0.2, 0.25) is 0 Å². The third-order valence-electron chi connectivity index (χ3n) is 6.36. The first-order chi connectivity index (χ1) is 17.2. The molecule has 188 valence electrons. The molecular weight excluding hydrogens is 476 g/mol. The number of aromatic hydroxyl groups is 1. The van der Waals surface area contributed by atoms with E-state index < -0.39 is 61.1 Å². The number of cyclic esters (lactones) is 1. The molecule has 6 unspecified atom stereocenters. The van der Waals surface area contributed by atoms with Gasteiger partial charge in [0.1, 0.15) is 24.4 Å². The minimum Gasteiger partial charge on any atom is -0.504 e. The lowest BCUT2D eigenvalue weighted by Crippen LogP contribution is -2.60. The Bertz CT molecular complexity index is 1340. The van der Waals surface area contributed by atoms with Gasteiger partial charge < -0.3 is 44.8 Å². The molecule has 6 N–H and O–H groups in total. The van der Waals surface area contributed by atoms with Gasteiger partial charge in [0.25, 0.3) is 0 Å². The summed E-state index contributed by atoms with van der Waals surface area (Å²) in [6.45, 7) is -0.692. The topological polar surface area (TPSA) is 183 Å². The Labute approximate surface area is 203 Å². The molecule has 1 saturated heterocycles. The summed E-state index contributed by atoms with van der Waals surface area (Å²) in [5.74, 6) is -3.14. The zero-order valence-electron chi connectivity index (χ0n) is 18.5. The Kier molecular flexibility index (Phi) is 6.02. The Balaban J connectivity index is 1.76. The predicted octanol–water partition coefficient (Wildman–Crippen LogP) is 0.687. The number of rotatable bonds is 5. The van der Waals surface area contributed by atoms with Crippen LogP contribution in [0.25, 0.3) is 21.9 Å². The average molecular weight is 498 g/mol. The van der Waals surface area contributed by atoms with Gasteiger partial charge in [0, 0.05) is 16.3 Å². The Hall–Kier alpha value is -3.74. The minimum absolute atomic E-state index is 0.0172. The second kappa shape index (κ2) is 9.04. The standard InChI is InChI=1S/C25H22O11/c26-9-15-18(28)19(29)20(30)25(34-15)36-22-14(27)8-13-16-12(24(33)35-21(13)23(31)32)7-6-11(17(16)22)10-4-2-1-3-5-10/h1-8,15,18-21,25-30H,9H2,(H,31,32). The van der Waals surface area contributed by atoms with Gasteiger partial charge in [-0.05, 0) is 23.3 Å². The van der Waals surface area contributed by atoms with Gasteiger partial charge in [0.2, 0.25) is 12.4 Å². The third-order valence-corrected chi connectivity index (χ3v) is 6.36. The molecule has 0 radical (unpaired) electrons. The van der Waals surface area contributed by atoms with Crippen molar-refractivity contribution in [2.45, 2.75) is 36.8 Å². The van der Waals surface area contributed by atoms with Crippen LogP contribution in [0.3, 0.4) is 0 Å². The maximum absolute atomic E-state index is 12.7. The lowest BCUT2D eigenvalue weighted by Gasteiger charge is -2.39. The fourth-order valence-electron chi connectivity index (χ4n) is 4.60. The summed E-state index contributed by atoms with van der Waals surface area (Å²) in [5, 5.41) is 61.2. The summed E-state index contributed by atoms with van der Waals surface area (Å²) in [6.07, 6.45) is -9.73. The van der Waals surface area contributed by atoms with Crippen LogP contribution in [0, 0.1) is 0 Å². The Morgan fingerprint density at radius 1 is 0.944 bits per heavy atom. The van der Waals surface area contributed by atoms with Crippen LogP contribution in [0.15, 0.2) is 48.5 Å². The van der Waals surface area contributed by atoms with Crippen molar-refractivity contribution in [2.75, 3.05) is 6.61 Å². The summed E-state index contributed by atoms with van der Waals surface area (Å²) >= 11 is 0. The molecule has 0 amide bonds.